The van der Waals surface area contributed by atoms with Crippen LogP contribution in [0.15, 0.2) is 54.6 Å². The molecule has 0 spiro atoms. The van der Waals surface area contributed by atoms with Crippen LogP contribution in [0.4, 0.5) is 0 Å². The van der Waals surface area contributed by atoms with Crippen molar-refractivity contribution >= 4 is 21.8 Å². The molecule has 1 heterocycles. The molecule has 2 heteroatoms. The first-order valence-corrected chi connectivity index (χ1v) is 7.86. The summed E-state index contributed by atoms with van der Waals surface area (Å²) in [7, 11) is 0. The lowest BCUT2D eigenvalue weighted by Crippen LogP contribution is -1.93. The van der Waals surface area contributed by atoms with Gasteiger partial charge in [-0.25, -0.2) is 0 Å². The van der Waals surface area contributed by atoms with Crippen LogP contribution >= 0.6 is 0 Å². The first-order chi connectivity index (χ1) is 11.0. The van der Waals surface area contributed by atoms with Crippen LogP contribution in [-0.2, 0) is 0 Å². The number of hydrogen-bond acceptors (Lipinski definition) is 1. The van der Waals surface area contributed by atoms with Gasteiger partial charge in [0.1, 0.15) is 5.75 Å². The van der Waals surface area contributed by atoms with Crippen molar-refractivity contribution in [2.75, 3.05) is 0 Å². The molecule has 1 aromatic heterocycles. The van der Waals surface area contributed by atoms with Gasteiger partial charge < -0.3 is 9.67 Å². The van der Waals surface area contributed by atoms with Crippen LogP contribution < -0.4 is 0 Å². The second-order valence-corrected chi connectivity index (χ2v) is 6.35. The molecular formula is C21H19NO. The molecule has 0 aliphatic carbocycles. The van der Waals surface area contributed by atoms with Crippen molar-refractivity contribution in [1.29, 1.82) is 0 Å². The molecule has 0 saturated heterocycles. The van der Waals surface area contributed by atoms with Gasteiger partial charge in [0, 0.05) is 22.5 Å². The average molecular weight is 301 g/mol. The van der Waals surface area contributed by atoms with E-state index in [2.05, 4.69) is 66.9 Å². The fourth-order valence-corrected chi connectivity index (χ4v) is 3.25. The molecule has 3 aromatic carbocycles. The van der Waals surface area contributed by atoms with E-state index in [1.54, 1.807) is 0 Å². The third kappa shape index (κ3) is 2.10. The Morgan fingerprint density at radius 2 is 1.35 bits per heavy atom. The summed E-state index contributed by atoms with van der Waals surface area (Å²) >= 11 is 0. The Morgan fingerprint density at radius 3 is 2.09 bits per heavy atom. The first kappa shape index (κ1) is 13.9. The van der Waals surface area contributed by atoms with Crippen molar-refractivity contribution in [3.63, 3.8) is 0 Å². The normalized spacial score (nSPS) is 11.4. The minimum atomic E-state index is 0.338. The third-order valence-corrected chi connectivity index (χ3v) is 4.53. The number of aromatic hydroxyl groups is 1. The number of phenolic OH excluding ortho intramolecular Hbond substituents is 1. The van der Waals surface area contributed by atoms with Crippen molar-refractivity contribution in [2.24, 2.45) is 0 Å². The van der Waals surface area contributed by atoms with Crippen LogP contribution in [-0.4, -0.2) is 9.67 Å². The van der Waals surface area contributed by atoms with Crippen LogP contribution in [0, 0.1) is 20.8 Å². The Hall–Kier alpha value is -2.74. The van der Waals surface area contributed by atoms with Gasteiger partial charge in [-0.05, 0) is 56.7 Å². The number of benzene rings is 3. The van der Waals surface area contributed by atoms with Crippen LogP contribution in [0.3, 0.4) is 0 Å². The van der Waals surface area contributed by atoms with Gasteiger partial charge in [-0.3, -0.25) is 0 Å². The Kier molecular flexibility index (Phi) is 2.95. The molecule has 0 aliphatic rings. The van der Waals surface area contributed by atoms with Gasteiger partial charge in [-0.1, -0.05) is 29.3 Å². The van der Waals surface area contributed by atoms with E-state index in [4.69, 9.17) is 0 Å². The zero-order chi connectivity index (χ0) is 16.1. The maximum Gasteiger partial charge on any atom is 0.120 e. The van der Waals surface area contributed by atoms with Gasteiger partial charge in [0.25, 0.3) is 0 Å². The van der Waals surface area contributed by atoms with Crippen LogP contribution in [0.25, 0.3) is 27.5 Å². The SMILES string of the molecule is Cc1ccc(-n2c3ccc(C)cc3c3cc(C)c(O)cc32)cc1. The summed E-state index contributed by atoms with van der Waals surface area (Å²) in [5.41, 5.74) is 6.71. The number of aromatic nitrogens is 1. The number of phenols is 1. The molecule has 0 aliphatic heterocycles. The maximum absolute atomic E-state index is 10.2. The number of aryl methyl sites for hydroxylation is 3. The van der Waals surface area contributed by atoms with Crippen molar-refractivity contribution in [3.05, 3.63) is 71.3 Å². The second-order valence-electron chi connectivity index (χ2n) is 6.35. The molecule has 0 unspecified atom stereocenters. The second kappa shape index (κ2) is 4.88. The molecule has 4 rings (SSSR count). The van der Waals surface area contributed by atoms with Gasteiger partial charge in [0.15, 0.2) is 0 Å². The molecule has 0 radical (unpaired) electrons. The molecule has 0 fully saturated rings. The number of fused-ring (bicyclic) bond motifs is 3. The van der Waals surface area contributed by atoms with Crippen LogP contribution in [0.2, 0.25) is 0 Å². The lowest BCUT2D eigenvalue weighted by Gasteiger charge is -2.09. The maximum atomic E-state index is 10.2. The summed E-state index contributed by atoms with van der Waals surface area (Å²) in [5.74, 6) is 0.338. The summed E-state index contributed by atoms with van der Waals surface area (Å²) in [6.07, 6.45) is 0. The summed E-state index contributed by atoms with van der Waals surface area (Å²) in [6, 6.07) is 19.0. The Morgan fingerprint density at radius 1 is 0.696 bits per heavy atom. The summed E-state index contributed by atoms with van der Waals surface area (Å²) in [4.78, 5) is 0. The highest BCUT2D eigenvalue weighted by molar-refractivity contribution is 6.10. The van der Waals surface area contributed by atoms with Crippen molar-refractivity contribution in [2.45, 2.75) is 20.8 Å². The molecule has 23 heavy (non-hydrogen) atoms. The van der Waals surface area contributed by atoms with Gasteiger partial charge in [-0.15, -0.1) is 0 Å². The first-order valence-electron chi connectivity index (χ1n) is 7.86. The highest BCUT2D eigenvalue weighted by atomic mass is 16.3. The fourth-order valence-electron chi connectivity index (χ4n) is 3.25. The molecular weight excluding hydrogens is 282 g/mol. The van der Waals surface area contributed by atoms with Crippen LogP contribution in [0.5, 0.6) is 5.75 Å². The number of nitrogens with zero attached hydrogens (tertiary/aromatic N) is 1. The van der Waals surface area contributed by atoms with E-state index in [1.807, 2.05) is 13.0 Å². The molecule has 114 valence electrons. The van der Waals surface area contributed by atoms with E-state index >= 15 is 0 Å². The Bertz CT molecular complexity index is 1040. The lowest BCUT2D eigenvalue weighted by molar-refractivity contribution is 0.472. The topological polar surface area (TPSA) is 25.2 Å². The molecule has 0 bridgehead atoms. The van der Waals surface area contributed by atoms with Crippen LogP contribution in [0.1, 0.15) is 16.7 Å². The largest absolute Gasteiger partial charge is 0.508 e. The highest BCUT2D eigenvalue weighted by Crippen LogP contribution is 2.35. The molecule has 1 N–H and O–H groups in total. The zero-order valence-electron chi connectivity index (χ0n) is 13.6. The zero-order valence-corrected chi connectivity index (χ0v) is 13.6. The Labute approximate surface area is 135 Å². The molecule has 4 aromatic rings. The fraction of sp³-hybridized carbons (Fsp3) is 0.143. The van der Waals surface area contributed by atoms with E-state index in [0.29, 0.717) is 5.75 Å². The van der Waals surface area contributed by atoms with Crippen molar-refractivity contribution in [3.8, 4) is 11.4 Å². The average Bonchev–Trinajstić information content (AvgIpc) is 2.82. The monoisotopic (exact) mass is 301 g/mol. The minimum Gasteiger partial charge on any atom is -0.508 e. The molecule has 0 amide bonds. The van der Waals surface area contributed by atoms with Gasteiger partial charge in [0.2, 0.25) is 0 Å². The smallest absolute Gasteiger partial charge is 0.120 e. The van der Waals surface area contributed by atoms with E-state index in [1.165, 1.54) is 27.4 Å². The quantitative estimate of drug-likeness (QED) is 0.499. The van der Waals surface area contributed by atoms with Crippen molar-refractivity contribution < 1.29 is 5.11 Å². The standard InChI is InChI=1S/C21H19NO/c1-13-4-7-16(8-5-13)22-19-9-6-14(2)10-17(19)18-11-15(3)21(23)12-20(18)22/h4-12,23H,1-3H3. The van der Waals surface area contributed by atoms with E-state index in [9.17, 15) is 5.11 Å². The van der Waals surface area contributed by atoms with Gasteiger partial charge in [0.05, 0.1) is 11.0 Å². The van der Waals surface area contributed by atoms with Gasteiger partial charge in [-0.2, -0.15) is 0 Å². The molecule has 0 atom stereocenters. The Balaban J connectivity index is 2.19. The van der Waals surface area contributed by atoms with E-state index < -0.39 is 0 Å². The third-order valence-electron chi connectivity index (χ3n) is 4.53. The van der Waals surface area contributed by atoms with Crippen molar-refractivity contribution in [1.82, 2.24) is 4.57 Å². The highest BCUT2D eigenvalue weighted by Gasteiger charge is 2.14. The predicted molar refractivity (Wildman–Crippen MR) is 96.7 cm³/mol. The van der Waals surface area contributed by atoms with E-state index in [-0.39, 0.29) is 0 Å². The van der Waals surface area contributed by atoms with Gasteiger partial charge >= 0.3 is 0 Å². The van der Waals surface area contributed by atoms with E-state index in [0.717, 1.165) is 16.8 Å². The molecule has 0 saturated carbocycles. The number of hydrogen-bond donors (Lipinski definition) is 1. The number of rotatable bonds is 1. The summed E-state index contributed by atoms with van der Waals surface area (Å²) < 4.78 is 2.22. The molecule has 2 nitrogen and oxygen atoms in total. The summed E-state index contributed by atoms with van der Waals surface area (Å²) in [5, 5.41) is 12.6. The predicted octanol–water partition coefficient (Wildman–Crippen LogP) is 5.41. The lowest BCUT2D eigenvalue weighted by atomic mass is 10.1. The summed E-state index contributed by atoms with van der Waals surface area (Å²) in [6.45, 7) is 6.15. The minimum absolute atomic E-state index is 0.338.